The van der Waals surface area contributed by atoms with Gasteiger partial charge in [0, 0.05) is 24.4 Å². The zero-order chi connectivity index (χ0) is 19.6. The molecule has 0 radical (unpaired) electrons. The van der Waals surface area contributed by atoms with Crippen LogP contribution in [-0.4, -0.2) is 37.3 Å². The van der Waals surface area contributed by atoms with E-state index in [0.29, 0.717) is 18.2 Å². The average Bonchev–Trinajstić information content (AvgIpc) is 3.17. The number of hydrogen-bond donors (Lipinski definition) is 0. The van der Waals surface area contributed by atoms with Crippen LogP contribution in [0.1, 0.15) is 55.6 Å². The van der Waals surface area contributed by atoms with E-state index in [0.717, 1.165) is 47.9 Å². The van der Waals surface area contributed by atoms with Crippen LogP contribution in [0.15, 0.2) is 24.4 Å². The molecule has 3 rings (SSSR count). The molecule has 27 heavy (non-hydrogen) atoms. The van der Waals surface area contributed by atoms with Crippen LogP contribution in [-0.2, 0) is 11.3 Å². The molecule has 7 heteroatoms. The average molecular weight is 366 g/mol. The van der Waals surface area contributed by atoms with Crippen molar-refractivity contribution in [1.82, 2.24) is 24.5 Å². The fourth-order valence-corrected chi connectivity index (χ4v) is 3.77. The Morgan fingerprint density at radius 3 is 2.89 bits per heavy atom. The van der Waals surface area contributed by atoms with Crippen LogP contribution in [0, 0.1) is 25.2 Å². The molecule has 0 aromatic carbocycles. The van der Waals surface area contributed by atoms with E-state index in [1.807, 2.05) is 37.7 Å². The summed E-state index contributed by atoms with van der Waals surface area (Å²) in [5, 5.41) is 17.4. The highest BCUT2D eigenvalue weighted by molar-refractivity contribution is 5.67. The smallest absolute Gasteiger partial charge is 0.131 e. The number of allylic oxidation sites excluding steroid dienone is 3. The van der Waals surface area contributed by atoms with E-state index in [1.54, 1.807) is 0 Å². The maximum atomic E-state index is 9.10. The second-order valence-corrected chi connectivity index (χ2v) is 7.21. The normalized spacial score (nSPS) is 20.5. The second kappa shape index (κ2) is 7.89. The Bertz CT molecular complexity index is 914. The lowest BCUT2D eigenvalue weighted by atomic mass is 10.0. The molecule has 0 bridgehead atoms. The first-order chi connectivity index (χ1) is 12.9. The SMILES string of the molecule is C=C(C#N)/C=C(\C)c1c(C)nc(Cn2cc(C)nn2)n1[C@@H]1CCO[C@H](C)C1. The third kappa shape index (κ3) is 4.17. The van der Waals surface area contributed by atoms with Crippen molar-refractivity contribution >= 4 is 5.57 Å². The van der Waals surface area contributed by atoms with Crippen molar-refractivity contribution in [3.8, 4) is 6.07 Å². The van der Waals surface area contributed by atoms with Crippen LogP contribution < -0.4 is 0 Å². The largest absolute Gasteiger partial charge is 0.378 e. The van der Waals surface area contributed by atoms with Gasteiger partial charge < -0.3 is 9.30 Å². The Morgan fingerprint density at radius 1 is 1.48 bits per heavy atom. The van der Waals surface area contributed by atoms with Crippen molar-refractivity contribution in [3.05, 3.63) is 47.3 Å². The first-order valence-corrected chi connectivity index (χ1v) is 9.22. The molecule has 1 aliphatic rings. The number of imidazole rings is 1. The monoisotopic (exact) mass is 366 g/mol. The fourth-order valence-electron chi connectivity index (χ4n) is 3.77. The molecule has 1 fully saturated rings. The lowest BCUT2D eigenvalue weighted by Crippen LogP contribution is -2.28. The summed E-state index contributed by atoms with van der Waals surface area (Å²) in [5.41, 5.74) is 4.31. The van der Waals surface area contributed by atoms with E-state index < -0.39 is 0 Å². The molecule has 0 N–H and O–H groups in total. The summed E-state index contributed by atoms with van der Waals surface area (Å²) in [4.78, 5) is 4.85. The number of nitriles is 1. The van der Waals surface area contributed by atoms with Crippen molar-refractivity contribution in [2.45, 2.75) is 59.2 Å². The number of hydrogen-bond acceptors (Lipinski definition) is 5. The maximum absolute atomic E-state index is 9.10. The van der Waals surface area contributed by atoms with Gasteiger partial charge in [-0.25, -0.2) is 9.67 Å². The third-order valence-electron chi connectivity index (χ3n) is 4.85. The number of aryl methyl sites for hydroxylation is 2. The van der Waals surface area contributed by atoms with E-state index in [-0.39, 0.29) is 6.10 Å². The highest BCUT2D eigenvalue weighted by atomic mass is 16.5. The van der Waals surface area contributed by atoms with Crippen LogP contribution in [0.2, 0.25) is 0 Å². The molecule has 1 aliphatic heterocycles. The van der Waals surface area contributed by atoms with Gasteiger partial charge in [-0.05, 0) is 52.2 Å². The molecule has 7 nitrogen and oxygen atoms in total. The summed E-state index contributed by atoms with van der Waals surface area (Å²) in [6, 6.07) is 2.39. The first-order valence-electron chi connectivity index (χ1n) is 9.22. The molecule has 2 atom stereocenters. The lowest BCUT2D eigenvalue weighted by Gasteiger charge is -2.31. The standard InChI is InChI=1S/C20H26N6O/c1-13(10-21)8-14(2)20-17(5)22-19(12-25-11-15(3)23-24-25)26(20)18-6-7-27-16(4)9-18/h8,11,16,18H,1,6-7,9,12H2,2-5H3/b14-8+/t16-,18-/m1/s1. The summed E-state index contributed by atoms with van der Waals surface area (Å²) >= 11 is 0. The van der Waals surface area contributed by atoms with Crippen molar-refractivity contribution in [3.63, 3.8) is 0 Å². The van der Waals surface area contributed by atoms with E-state index in [1.165, 1.54) is 0 Å². The van der Waals surface area contributed by atoms with Crippen molar-refractivity contribution < 1.29 is 4.74 Å². The topological polar surface area (TPSA) is 81.5 Å². The number of ether oxygens (including phenoxy) is 1. The minimum Gasteiger partial charge on any atom is -0.378 e. The van der Waals surface area contributed by atoms with Crippen molar-refractivity contribution in [2.75, 3.05) is 6.61 Å². The van der Waals surface area contributed by atoms with Crippen LogP contribution in [0.4, 0.5) is 0 Å². The molecule has 0 amide bonds. The van der Waals surface area contributed by atoms with Crippen molar-refractivity contribution in [1.29, 1.82) is 5.26 Å². The molecule has 3 heterocycles. The summed E-state index contributed by atoms with van der Waals surface area (Å²) < 4.78 is 9.87. The predicted octanol–water partition coefficient (Wildman–Crippen LogP) is 3.36. The van der Waals surface area contributed by atoms with E-state index in [9.17, 15) is 0 Å². The number of aromatic nitrogens is 5. The van der Waals surface area contributed by atoms with Gasteiger partial charge in [-0.2, -0.15) is 5.26 Å². The first kappa shape index (κ1) is 19.1. The summed E-state index contributed by atoms with van der Waals surface area (Å²) in [5.74, 6) is 0.946. The zero-order valence-corrected chi connectivity index (χ0v) is 16.4. The number of rotatable bonds is 5. The van der Waals surface area contributed by atoms with Gasteiger partial charge in [0.15, 0.2) is 0 Å². The van der Waals surface area contributed by atoms with Crippen LogP contribution in [0.25, 0.3) is 5.57 Å². The van der Waals surface area contributed by atoms with Gasteiger partial charge in [0.05, 0.1) is 29.3 Å². The second-order valence-electron chi connectivity index (χ2n) is 7.21. The van der Waals surface area contributed by atoms with Crippen LogP contribution in [0.3, 0.4) is 0 Å². The molecule has 0 unspecified atom stereocenters. The van der Waals surface area contributed by atoms with Gasteiger partial charge in [-0.1, -0.05) is 11.8 Å². The molecule has 2 aromatic heterocycles. The molecule has 142 valence electrons. The number of nitrogens with zero attached hydrogens (tertiary/aromatic N) is 6. The van der Waals surface area contributed by atoms with Gasteiger partial charge in [0.1, 0.15) is 12.4 Å². The van der Waals surface area contributed by atoms with Gasteiger partial charge >= 0.3 is 0 Å². The predicted molar refractivity (Wildman–Crippen MR) is 103 cm³/mol. The quantitative estimate of drug-likeness (QED) is 0.599. The Morgan fingerprint density at radius 2 is 2.26 bits per heavy atom. The van der Waals surface area contributed by atoms with E-state index in [2.05, 4.69) is 34.5 Å². The summed E-state index contributed by atoms with van der Waals surface area (Å²) in [7, 11) is 0. The van der Waals surface area contributed by atoms with Gasteiger partial charge in [-0.15, -0.1) is 5.10 Å². The molecule has 0 aliphatic carbocycles. The van der Waals surface area contributed by atoms with Crippen LogP contribution in [0.5, 0.6) is 0 Å². The summed E-state index contributed by atoms with van der Waals surface area (Å²) in [6.07, 6.45) is 5.81. The van der Waals surface area contributed by atoms with E-state index in [4.69, 9.17) is 15.0 Å². The minimum atomic E-state index is 0.208. The molecule has 1 saturated heterocycles. The van der Waals surface area contributed by atoms with Crippen LogP contribution >= 0.6 is 0 Å². The molecular weight excluding hydrogens is 340 g/mol. The van der Waals surface area contributed by atoms with E-state index >= 15 is 0 Å². The lowest BCUT2D eigenvalue weighted by molar-refractivity contribution is 0.00520. The maximum Gasteiger partial charge on any atom is 0.131 e. The minimum absolute atomic E-state index is 0.208. The fraction of sp³-hybridized carbons (Fsp3) is 0.500. The molecule has 0 saturated carbocycles. The Hall–Kier alpha value is -2.72. The van der Waals surface area contributed by atoms with Gasteiger partial charge in [-0.3, -0.25) is 0 Å². The van der Waals surface area contributed by atoms with Gasteiger partial charge in [0.2, 0.25) is 0 Å². The van der Waals surface area contributed by atoms with Crippen molar-refractivity contribution in [2.24, 2.45) is 0 Å². The summed E-state index contributed by atoms with van der Waals surface area (Å²) in [6.45, 7) is 13.1. The zero-order valence-electron chi connectivity index (χ0n) is 16.4. The Kier molecular flexibility index (Phi) is 5.57. The third-order valence-corrected chi connectivity index (χ3v) is 4.85. The highest BCUT2D eigenvalue weighted by Gasteiger charge is 2.27. The molecule has 0 spiro atoms. The Labute approximate surface area is 160 Å². The van der Waals surface area contributed by atoms with Gasteiger partial charge in [0.25, 0.3) is 0 Å². The molecular formula is C20H26N6O. The Balaban J connectivity index is 2.07. The molecule has 2 aromatic rings. The highest BCUT2D eigenvalue weighted by Crippen LogP contribution is 2.32.